The molecular weight excluding hydrogens is 398 g/mol. The summed E-state index contributed by atoms with van der Waals surface area (Å²) in [7, 11) is 0. The van der Waals surface area contributed by atoms with E-state index in [0.29, 0.717) is 11.5 Å². The number of likely N-dealkylation sites (tertiary alicyclic amines) is 1. The van der Waals surface area contributed by atoms with Crippen LogP contribution in [0.5, 0.6) is 11.5 Å². The molecule has 4 aliphatic rings. The first-order valence-corrected chi connectivity index (χ1v) is 10.9. The van der Waals surface area contributed by atoms with E-state index in [1.807, 2.05) is 4.90 Å². The highest BCUT2D eigenvalue weighted by molar-refractivity contribution is 6.05. The van der Waals surface area contributed by atoms with Crippen LogP contribution in [-0.4, -0.2) is 53.1 Å². The molecule has 0 unspecified atom stereocenters. The van der Waals surface area contributed by atoms with Crippen LogP contribution in [0.25, 0.3) is 0 Å². The summed E-state index contributed by atoms with van der Waals surface area (Å²) in [5.74, 6) is 0.852. The lowest BCUT2D eigenvalue weighted by atomic mass is 9.65. The van der Waals surface area contributed by atoms with Gasteiger partial charge in [0.2, 0.25) is 12.7 Å². The smallest absolute Gasteiger partial charge is 0.325 e. The molecule has 2 bridgehead atoms. The fraction of sp³-hybridized carbons (Fsp3) is 0.609. The van der Waals surface area contributed by atoms with Crippen LogP contribution < -0.4 is 14.8 Å². The number of carbonyl (C=O) groups is 3. The molecule has 3 atom stereocenters. The van der Waals surface area contributed by atoms with Gasteiger partial charge in [-0.15, -0.1) is 0 Å². The number of nitrogens with zero attached hydrogens (tertiary/aromatic N) is 2. The fourth-order valence-corrected chi connectivity index (χ4v) is 6.13. The Labute approximate surface area is 181 Å². The summed E-state index contributed by atoms with van der Waals surface area (Å²) < 4.78 is 10.7. The minimum Gasteiger partial charge on any atom is -0.454 e. The van der Waals surface area contributed by atoms with Gasteiger partial charge in [-0.1, -0.05) is 26.8 Å². The molecule has 31 heavy (non-hydrogen) atoms. The van der Waals surface area contributed by atoms with E-state index in [1.54, 1.807) is 18.2 Å². The third-order valence-electron chi connectivity index (χ3n) is 7.00. The van der Waals surface area contributed by atoms with E-state index in [0.717, 1.165) is 31.4 Å². The summed E-state index contributed by atoms with van der Waals surface area (Å²) in [5.41, 5.74) is 1.12. The van der Waals surface area contributed by atoms with Crippen molar-refractivity contribution in [2.24, 2.45) is 10.8 Å². The van der Waals surface area contributed by atoms with Crippen molar-refractivity contribution in [3.05, 3.63) is 23.8 Å². The predicted molar refractivity (Wildman–Crippen MR) is 111 cm³/mol. The molecule has 1 aromatic rings. The van der Waals surface area contributed by atoms with Crippen LogP contribution in [-0.2, 0) is 16.1 Å². The van der Waals surface area contributed by atoms with Crippen molar-refractivity contribution in [3.8, 4) is 11.5 Å². The highest BCUT2D eigenvalue weighted by Crippen LogP contribution is 2.52. The van der Waals surface area contributed by atoms with Crippen molar-refractivity contribution in [2.45, 2.75) is 65.1 Å². The normalized spacial score (nSPS) is 30.7. The van der Waals surface area contributed by atoms with Crippen molar-refractivity contribution in [2.75, 3.05) is 13.3 Å². The first-order valence-electron chi connectivity index (χ1n) is 10.9. The molecule has 2 saturated heterocycles. The molecule has 0 radical (unpaired) electrons. The van der Waals surface area contributed by atoms with E-state index in [9.17, 15) is 14.4 Å². The molecule has 3 fully saturated rings. The third-order valence-corrected chi connectivity index (χ3v) is 7.00. The van der Waals surface area contributed by atoms with Crippen LogP contribution >= 0.6 is 0 Å². The van der Waals surface area contributed by atoms with Crippen LogP contribution in [0.2, 0.25) is 0 Å². The van der Waals surface area contributed by atoms with Crippen LogP contribution in [0, 0.1) is 10.8 Å². The number of nitrogens with one attached hydrogen (secondary N) is 1. The standard InChI is InChI=1S/C23H29N3O5/c1-22(2)8-15-9-23(3,11-22)12-26(15)19(27)7-16-20(28)25(21(29)24-16)10-14-4-5-17-18(6-14)31-13-30-17/h4-6,15-16H,7-13H2,1-3H3,(H,24,29)/t15-,16+,23-/m0/s1. The number of imide groups is 1. The number of urea groups is 1. The Morgan fingerprint density at radius 1 is 1.16 bits per heavy atom. The van der Waals surface area contributed by atoms with Crippen molar-refractivity contribution in [3.63, 3.8) is 0 Å². The number of carbonyl (C=O) groups excluding carboxylic acids is 3. The van der Waals surface area contributed by atoms with E-state index in [4.69, 9.17) is 9.47 Å². The maximum Gasteiger partial charge on any atom is 0.325 e. The average Bonchev–Trinajstić information content (AvgIpc) is 3.31. The van der Waals surface area contributed by atoms with E-state index >= 15 is 0 Å². The van der Waals surface area contributed by atoms with Gasteiger partial charge in [0.25, 0.3) is 5.91 Å². The lowest BCUT2D eigenvalue weighted by molar-refractivity contribution is -0.136. The van der Waals surface area contributed by atoms with E-state index in [1.165, 1.54) is 4.90 Å². The second-order valence-electron chi connectivity index (χ2n) is 10.6. The molecule has 3 heterocycles. The van der Waals surface area contributed by atoms with Gasteiger partial charge in [-0.05, 0) is 47.8 Å². The summed E-state index contributed by atoms with van der Waals surface area (Å²) in [6, 6.07) is 4.29. The molecule has 1 N–H and O–H groups in total. The van der Waals surface area contributed by atoms with Crippen LogP contribution in [0.1, 0.15) is 52.0 Å². The van der Waals surface area contributed by atoms with Crippen LogP contribution in [0.4, 0.5) is 4.79 Å². The molecule has 8 heteroatoms. The number of ether oxygens (including phenoxy) is 2. The lowest BCUT2D eigenvalue weighted by Gasteiger charge is -2.39. The summed E-state index contributed by atoms with van der Waals surface area (Å²) in [5, 5.41) is 2.70. The quantitative estimate of drug-likeness (QED) is 0.747. The first kappa shape index (κ1) is 20.2. The van der Waals surface area contributed by atoms with Gasteiger partial charge in [0.15, 0.2) is 11.5 Å². The molecule has 1 aromatic carbocycles. The van der Waals surface area contributed by atoms with Gasteiger partial charge >= 0.3 is 6.03 Å². The van der Waals surface area contributed by atoms with E-state index in [-0.39, 0.29) is 48.4 Å². The van der Waals surface area contributed by atoms with Crippen molar-refractivity contribution in [1.29, 1.82) is 0 Å². The number of hydrogen-bond acceptors (Lipinski definition) is 5. The Morgan fingerprint density at radius 2 is 1.94 bits per heavy atom. The first-order chi connectivity index (χ1) is 14.6. The molecular formula is C23H29N3O5. The molecule has 0 spiro atoms. The van der Waals surface area contributed by atoms with Gasteiger partial charge in [0, 0.05) is 12.6 Å². The maximum absolute atomic E-state index is 13.1. The molecule has 8 nitrogen and oxygen atoms in total. The zero-order chi connectivity index (χ0) is 22.0. The molecule has 3 aliphatic heterocycles. The number of rotatable bonds is 4. The Kier molecular flexibility index (Phi) is 4.46. The lowest BCUT2D eigenvalue weighted by Crippen LogP contribution is -2.42. The van der Waals surface area contributed by atoms with Gasteiger partial charge in [-0.25, -0.2) is 4.79 Å². The summed E-state index contributed by atoms with van der Waals surface area (Å²) in [4.78, 5) is 41.6. The average molecular weight is 428 g/mol. The molecule has 5 rings (SSSR count). The largest absolute Gasteiger partial charge is 0.454 e. The summed E-state index contributed by atoms with van der Waals surface area (Å²) in [6.07, 6.45) is 3.11. The summed E-state index contributed by atoms with van der Waals surface area (Å²) in [6.45, 7) is 7.81. The number of fused-ring (bicyclic) bond motifs is 3. The Bertz CT molecular complexity index is 961. The zero-order valence-electron chi connectivity index (χ0n) is 18.3. The Hall–Kier alpha value is -2.77. The SMILES string of the molecule is CC1(C)C[C@H]2C[C@](C)(CN2C(=O)C[C@H]2NC(=O)N(Cc3ccc4c(c3)OCO4)C2=O)C1. The van der Waals surface area contributed by atoms with E-state index in [2.05, 4.69) is 26.1 Å². The second-order valence-corrected chi connectivity index (χ2v) is 10.6. The summed E-state index contributed by atoms with van der Waals surface area (Å²) >= 11 is 0. The van der Waals surface area contributed by atoms with Crippen LogP contribution in [0.3, 0.4) is 0 Å². The Balaban J connectivity index is 1.24. The minimum absolute atomic E-state index is 0.00915. The van der Waals surface area contributed by atoms with Gasteiger partial charge in [-0.3, -0.25) is 14.5 Å². The predicted octanol–water partition coefficient (Wildman–Crippen LogP) is 2.65. The number of amides is 4. The second kappa shape index (κ2) is 6.87. The third kappa shape index (κ3) is 3.62. The van der Waals surface area contributed by atoms with Crippen molar-refractivity contribution in [1.82, 2.24) is 15.1 Å². The molecule has 1 saturated carbocycles. The molecule has 4 amide bonds. The highest BCUT2D eigenvalue weighted by atomic mass is 16.7. The fourth-order valence-electron chi connectivity index (χ4n) is 6.13. The number of hydrogen-bond donors (Lipinski definition) is 1. The van der Waals surface area contributed by atoms with Gasteiger partial charge in [0.05, 0.1) is 13.0 Å². The van der Waals surface area contributed by atoms with Crippen LogP contribution in [0.15, 0.2) is 18.2 Å². The van der Waals surface area contributed by atoms with Gasteiger partial charge in [0.1, 0.15) is 6.04 Å². The van der Waals surface area contributed by atoms with Crippen molar-refractivity contribution < 1.29 is 23.9 Å². The van der Waals surface area contributed by atoms with Gasteiger partial charge < -0.3 is 19.7 Å². The van der Waals surface area contributed by atoms with Gasteiger partial charge in [-0.2, -0.15) is 0 Å². The molecule has 0 aromatic heterocycles. The van der Waals surface area contributed by atoms with E-state index < -0.39 is 12.1 Å². The number of benzene rings is 1. The topological polar surface area (TPSA) is 88.2 Å². The monoisotopic (exact) mass is 427 g/mol. The molecule has 166 valence electrons. The molecule has 1 aliphatic carbocycles. The maximum atomic E-state index is 13.1. The minimum atomic E-state index is -0.810. The van der Waals surface area contributed by atoms with Crippen molar-refractivity contribution >= 4 is 17.8 Å². The zero-order valence-corrected chi connectivity index (χ0v) is 18.3. The Morgan fingerprint density at radius 3 is 2.74 bits per heavy atom. The highest BCUT2D eigenvalue weighted by Gasteiger charge is 2.51.